The van der Waals surface area contributed by atoms with Gasteiger partial charge in [-0.15, -0.1) is 0 Å². The van der Waals surface area contributed by atoms with E-state index in [0.717, 1.165) is 4.31 Å². The molecule has 7 heteroatoms. The number of carbonyl (C=O) groups is 1. The van der Waals surface area contributed by atoms with E-state index in [-0.39, 0.29) is 4.90 Å². The number of methoxy groups -OCH3 is 1. The summed E-state index contributed by atoms with van der Waals surface area (Å²) in [7, 11) is 0.745. The third-order valence-corrected chi connectivity index (χ3v) is 4.36. The summed E-state index contributed by atoms with van der Waals surface area (Å²) >= 11 is 0. The zero-order chi connectivity index (χ0) is 14.6. The van der Waals surface area contributed by atoms with Gasteiger partial charge >= 0.3 is 5.97 Å². The van der Waals surface area contributed by atoms with E-state index in [4.69, 9.17) is 0 Å². The van der Waals surface area contributed by atoms with Crippen molar-refractivity contribution >= 4 is 21.7 Å². The number of ether oxygens (including phenoxy) is 1. The van der Waals surface area contributed by atoms with Crippen molar-refractivity contribution < 1.29 is 17.9 Å². The Labute approximate surface area is 113 Å². The van der Waals surface area contributed by atoms with Crippen LogP contribution in [0, 0.1) is 0 Å². The standard InChI is InChI=1S/C12H18N2O4S/c1-9(12(15)18-4)13-10-6-5-7-11(8-10)19(16,17)14(2)3/h5-9,13H,1-4H3. The van der Waals surface area contributed by atoms with E-state index in [2.05, 4.69) is 10.1 Å². The van der Waals surface area contributed by atoms with E-state index >= 15 is 0 Å². The van der Waals surface area contributed by atoms with Gasteiger partial charge in [0.15, 0.2) is 0 Å². The Morgan fingerprint density at radius 2 is 2.00 bits per heavy atom. The van der Waals surface area contributed by atoms with Crippen molar-refractivity contribution in [3.63, 3.8) is 0 Å². The Kier molecular flexibility index (Phi) is 4.90. The highest BCUT2D eigenvalue weighted by atomic mass is 32.2. The highest BCUT2D eigenvalue weighted by Gasteiger charge is 2.18. The summed E-state index contributed by atoms with van der Waals surface area (Å²) in [6, 6.07) is 5.73. The van der Waals surface area contributed by atoms with Gasteiger partial charge in [-0.25, -0.2) is 17.5 Å². The van der Waals surface area contributed by atoms with Crippen molar-refractivity contribution in [2.75, 3.05) is 26.5 Å². The van der Waals surface area contributed by atoms with E-state index in [1.165, 1.54) is 33.3 Å². The van der Waals surface area contributed by atoms with Crippen molar-refractivity contribution in [2.24, 2.45) is 0 Å². The normalized spacial score (nSPS) is 13.1. The average molecular weight is 286 g/mol. The minimum absolute atomic E-state index is 0.166. The zero-order valence-electron chi connectivity index (χ0n) is 11.4. The Morgan fingerprint density at radius 3 is 2.53 bits per heavy atom. The molecule has 106 valence electrons. The highest BCUT2D eigenvalue weighted by Crippen LogP contribution is 2.18. The molecule has 0 bridgehead atoms. The van der Waals surface area contributed by atoms with Gasteiger partial charge in [0.25, 0.3) is 0 Å². The van der Waals surface area contributed by atoms with Crippen LogP contribution in [0.15, 0.2) is 29.2 Å². The quantitative estimate of drug-likeness (QED) is 0.814. The van der Waals surface area contributed by atoms with Crippen LogP contribution >= 0.6 is 0 Å². The number of benzene rings is 1. The number of hydrogen-bond acceptors (Lipinski definition) is 5. The van der Waals surface area contributed by atoms with Crippen LogP contribution in [-0.2, 0) is 19.6 Å². The molecule has 1 N–H and O–H groups in total. The predicted octanol–water partition coefficient (Wildman–Crippen LogP) is 0.910. The molecular weight excluding hydrogens is 268 g/mol. The Bertz CT molecular complexity index is 555. The van der Waals surface area contributed by atoms with Crippen molar-refractivity contribution in [2.45, 2.75) is 17.9 Å². The number of esters is 1. The van der Waals surface area contributed by atoms with Crippen molar-refractivity contribution in [1.29, 1.82) is 0 Å². The second-order valence-corrected chi connectivity index (χ2v) is 6.36. The number of nitrogens with zero attached hydrogens (tertiary/aromatic N) is 1. The van der Waals surface area contributed by atoms with Crippen LogP contribution in [0.2, 0.25) is 0 Å². The molecule has 1 aromatic carbocycles. The molecule has 0 radical (unpaired) electrons. The first kappa shape index (κ1) is 15.5. The van der Waals surface area contributed by atoms with Gasteiger partial charge in [-0.3, -0.25) is 0 Å². The molecule has 0 amide bonds. The molecule has 19 heavy (non-hydrogen) atoms. The van der Waals surface area contributed by atoms with Crippen LogP contribution in [0.3, 0.4) is 0 Å². The summed E-state index contributed by atoms with van der Waals surface area (Å²) in [6.07, 6.45) is 0. The zero-order valence-corrected chi connectivity index (χ0v) is 12.2. The Hall–Kier alpha value is -1.60. The first-order valence-corrected chi connectivity index (χ1v) is 7.10. The van der Waals surface area contributed by atoms with Gasteiger partial charge < -0.3 is 10.1 Å². The lowest BCUT2D eigenvalue weighted by molar-refractivity contribution is -0.141. The molecule has 0 aromatic heterocycles. The highest BCUT2D eigenvalue weighted by molar-refractivity contribution is 7.89. The fraction of sp³-hybridized carbons (Fsp3) is 0.417. The minimum Gasteiger partial charge on any atom is -0.467 e. The number of hydrogen-bond donors (Lipinski definition) is 1. The lowest BCUT2D eigenvalue weighted by atomic mass is 10.2. The summed E-state index contributed by atoms with van der Waals surface area (Å²) < 4.78 is 29.7. The third kappa shape index (κ3) is 3.68. The predicted molar refractivity (Wildman–Crippen MR) is 72.4 cm³/mol. The first-order chi connectivity index (χ1) is 8.78. The van der Waals surface area contributed by atoms with Gasteiger partial charge in [-0.05, 0) is 25.1 Å². The van der Waals surface area contributed by atoms with Crippen LogP contribution in [0.4, 0.5) is 5.69 Å². The van der Waals surface area contributed by atoms with Gasteiger partial charge in [-0.2, -0.15) is 0 Å². The molecule has 0 aliphatic carbocycles. The van der Waals surface area contributed by atoms with Crippen molar-refractivity contribution in [3.8, 4) is 0 Å². The van der Waals surface area contributed by atoms with E-state index in [1.54, 1.807) is 19.1 Å². The summed E-state index contributed by atoms with van der Waals surface area (Å²) in [6.45, 7) is 1.64. The van der Waals surface area contributed by atoms with E-state index in [0.29, 0.717) is 5.69 Å². The maximum atomic E-state index is 12.0. The molecule has 0 saturated heterocycles. The molecule has 6 nitrogen and oxygen atoms in total. The molecule has 0 heterocycles. The number of rotatable bonds is 5. The van der Waals surface area contributed by atoms with Crippen LogP contribution < -0.4 is 5.32 Å². The minimum atomic E-state index is -3.48. The second-order valence-electron chi connectivity index (χ2n) is 4.20. The van der Waals surface area contributed by atoms with Gasteiger partial charge in [-0.1, -0.05) is 6.07 Å². The van der Waals surface area contributed by atoms with E-state index in [9.17, 15) is 13.2 Å². The topological polar surface area (TPSA) is 75.7 Å². The molecule has 0 spiro atoms. The van der Waals surface area contributed by atoms with E-state index in [1.807, 2.05) is 0 Å². The molecular formula is C12H18N2O4S. The molecule has 0 aliphatic rings. The average Bonchev–Trinajstić information content (AvgIpc) is 2.37. The largest absolute Gasteiger partial charge is 0.467 e. The molecule has 1 rings (SSSR count). The van der Waals surface area contributed by atoms with Crippen LogP contribution in [0.1, 0.15) is 6.92 Å². The monoisotopic (exact) mass is 286 g/mol. The van der Waals surface area contributed by atoms with Crippen molar-refractivity contribution in [3.05, 3.63) is 24.3 Å². The van der Waals surface area contributed by atoms with Gasteiger partial charge in [0.2, 0.25) is 10.0 Å². The fourth-order valence-electron chi connectivity index (χ4n) is 1.44. The van der Waals surface area contributed by atoms with Crippen LogP contribution in [0.25, 0.3) is 0 Å². The van der Waals surface area contributed by atoms with E-state index < -0.39 is 22.0 Å². The van der Waals surface area contributed by atoms with Gasteiger partial charge in [0, 0.05) is 19.8 Å². The molecule has 0 fully saturated rings. The molecule has 1 aromatic rings. The number of carbonyl (C=O) groups excluding carboxylic acids is 1. The van der Waals surface area contributed by atoms with Crippen molar-refractivity contribution in [1.82, 2.24) is 4.31 Å². The third-order valence-electron chi connectivity index (χ3n) is 2.55. The first-order valence-electron chi connectivity index (χ1n) is 5.66. The van der Waals surface area contributed by atoms with Gasteiger partial charge in [0.05, 0.1) is 12.0 Å². The Balaban J connectivity index is 2.99. The smallest absolute Gasteiger partial charge is 0.327 e. The molecule has 1 unspecified atom stereocenters. The Morgan fingerprint density at radius 1 is 1.37 bits per heavy atom. The lowest BCUT2D eigenvalue weighted by Crippen LogP contribution is -2.27. The SMILES string of the molecule is COC(=O)C(C)Nc1cccc(S(=O)(=O)N(C)C)c1. The molecule has 1 atom stereocenters. The number of anilines is 1. The number of sulfonamides is 1. The summed E-state index contributed by atoms with van der Waals surface area (Å²) in [5.74, 6) is -0.416. The fourth-order valence-corrected chi connectivity index (χ4v) is 2.39. The maximum absolute atomic E-state index is 12.0. The summed E-state index contributed by atoms with van der Waals surface area (Å²) in [4.78, 5) is 11.5. The summed E-state index contributed by atoms with van der Waals surface area (Å²) in [5.41, 5.74) is 0.542. The molecule has 0 aliphatic heterocycles. The van der Waals surface area contributed by atoms with Crippen LogP contribution in [0.5, 0.6) is 0 Å². The summed E-state index contributed by atoms with van der Waals surface area (Å²) in [5, 5.41) is 2.89. The molecule has 0 saturated carbocycles. The maximum Gasteiger partial charge on any atom is 0.327 e. The van der Waals surface area contributed by atoms with Crippen LogP contribution in [-0.4, -0.2) is 45.9 Å². The second kappa shape index (κ2) is 6.03. The lowest BCUT2D eigenvalue weighted by Gasteiger charge is -2.15. The number of nitrogens with one attached hydrogen (secondary N) is 1. The van der Waals surface area contributed by atoms with Gasteiger partial charge in [0.1, 0.15) is 6.04 Å².